The van der Waals surface area contributed by atoms with Gasteiger partial charge in [0, 0.05) is 17.1 Å². The van der Waals surface area contributed by atoms with Gasteiger partial charge >= 0.3 is 5.97 Å². The van der Waals surface area contributed by atoms with Gasteiger partial charge in [-0.1, -0.05) is 0 Å². The summed E-state index contributed by atoms with van der Waals surface area (Å²) in [6.07, 6.45) is 2.14. The number of hydrogen-bond donors (Lipinski definition) is 0. The Kier molecular flexibility index (Phi) is 3.95. The Hall–Kier alpha value is -1.03. The summed E-state index contributed by atoms with van der Waals surface area (Å²) in [6, 6.07) is 4.27. The Morgan fingerprint density at radius 2 is 2.17 bits per heavy atom. The highest BCUT2D eigenvalue weighted by Gasteiger charge is 2.23. The van der Waals surface area contributed by atoms with Gasteiger partial charge in [-0.2, -0.15) is 0 Å². The lowest BCUT2D eigenvalue weighted by Gasteiger charge is -2.35. The fraction of sp³-hybridized carbons (Fsp3) is 0.500. The van der Waals surface area contributed by atoms with Crippen molar-refractivity contribution in [2.24, 2.45) is 0 Å². The van der Waals surface area contributed by atoms with Crippen LogP contribution in [-0.2, 0) is 11.2 Å². The molecular formula is C14H18BrNO2. The van der Waals surface area contributed by atoms with E-state index >= 15 is 0 Å². The number of carbonyl (C=O) groups is 1. The molecule has 0 radical (unpaired) electrons. The van der Waals surface area contributed by atoms with Crippen LogP contribution in [-0.4, -0.2) is 25.7 Å². The van der Waals surface area contributed by atoms with E-state index in [9.17, 15) is 4.79 Å². The number of fused-ring (bicyclic) bond motifs is 1. The fourth-order valence-electron chi connectivity index (χ4n) is 2.47. The average molecular weight is 312 g/mol. The van der Waals surface area contributed by atoms with E-state index in [-0.39, 0.29) is 5.97 Å². The molecule has 1 aromatic carbocycles. The molecule has 1 aromatic rings. The molecule has 18 heavy (non-hydrogen) atoms. The van der Waals surface area contributed by atoms with Crippen LogP contribution >= 0.6 is 15.9 Å². The molecule has 0 bridgehead atoms. The third-order valence-corrected chi connectivity index (χ3v) is 3.92. The third-order valence-electron chi connectivity index (χ3n) is 3.32. The first-order chi connectivity index (χ1) is 8.54. The van der Waals surface area contributed by atoms with E-state index in [1.807, 2.05) is 12.1 Å². The van der Waals surface area contributed by atoms with Crippen molar-refractivity contribution >= 4 is 27.6 Å². The summed E-state index contributed by atoms with van der Waals surface area (Å²) in [5.74, 6) is -0.278. The summed E-state index contributed by atoms with van der Waals surface area (Å²) < 4.78 is 5.76. The molecule has 1 aliphatic rings. The first-order valence-electron chi connectivity index (χ1n) is 6.22. The van der Waals surface area contributed by atoms with E-state index in [4.69, 9.17) is 4.74 Å². The highest BCUT2D eigenvalue weighted by atomic mass is 79.9. The highest BCUT2D eigenvalue weighted by molar-refractivity contribution is 9.10. The van der Waals surface area contributed by atoms with Crippen molar-refractivity contribution < 1.29 is 9.53 Å². The zero-order chi connectivity index (χ0) is 13.3. The lowest BCUT2D eigenvalue weighted by atomic mass is 9.98. The van der Waals surface area contributed by atoms with Crippen molar-refractivity contribution in [3.8, 4) is 0 Å². The number of methoxy groups -OCH3 is 1. The van der Waals surface area contributed by atoms with Gasteiger partial charge in [0.05, 0.1) is 18.4 Å². The molecule has 0 amide bonds. The molecule has 0 N–H and O–H groups in total. The van der Waals surface area contributed by atoms with Crippen LogP contribution in [0.3, 0.4) is 0 Å². The van der Waals surface area contributed by atoms with Gasteiger partial charge < -0.3 is 9.64 Å². The number of anilines is 1. The highest BCUT2D eigenvalue weighted by Crippen LogP contribution is 2.36. The fourth-order valence-corrected chi connectivity index (χ4v) is 3.20. The molecule has 0 fully saturated rings. The van der Waals surface area contributed by atoms with Crippen LogP contribution in [0.1, 0.15) is 36.2 Å². The number of carbonyl (C=O) groups excluding carboxylic acids is 1. The summed E-state index contributed by atoms with van der Waals surface area (Å²) >= 11 is 3.59. The van der Waals surface area contributed by atoms with Crippen LogP contribution in [0.25, 0.3) is 0 Å². The Morgan fingerprint density at radius 3 is 2.78 bits per heavy atom. The molecule has 3 nitrogen and oxygen atoms in total. The molecule has 0 spiro atoms. The molecule has 98 valence electrons. The van der Waals surface area contributed by atoms with E-state index in [0.717, 1.165) is 23.9 Å². The molecule has 0 atom stereocenters. The normalized spacial score (nSPS) is 14.6. The predicted octanol–water partition coefficient (Wildman–Crippen LogP) is 3.40. The zero-order valence-corrected chi connectivity index (χ0v) is 12.6. The molecule has 2 rings (SSSR count). The lowest BCUT2D eigenvalue weighted by Crippen LogP contribution is -2.35. The Bertz CT molecular complexity index is 471. The van der Waals surface area contributed by atoms with E-state index in [2.05, 4.69) is 34.7 Å². The van der Waals surface area contributed by atoms with Crippen LogP contribution in [0.2, 0.25) is 0 Å². The van der Waals surface area contributed by atoms with Crippen molar-refractivity contribution in [1.82, 2.24) is 0 Å². The van der Waals surface area contributed by atoms with Crippen molar-refractivity contribution in [3.63, 3.8) is 0 Å². The number of esters is 1. The van der Waals surface area contributed by atoms with Crippen LogP contribution in [0, 0.1) is 0 Å². The number of hydrogen-bond acceptors (Lipinski definition) is 3. The quantitative estimate of drug-likeness (QED) is 0.784. The molecular weight excluding hydrogens is 294 g/mol. The van der Waals surface area contributed by atoms with E-state index in [0.29, 0.717) is 11.6 Å². The maximum atomic E-state index is 11.6. The minimum Gasteiger partial charge on any atom is -0.465 e. The second-order valence-corrected chi connectivity index (χ2v) is 5.70. The lowest BCUT2D eigenvalue weighted by molar-refractivity contribution is 0.0600. The largest absolute Gasteiger partial charge is 0.465 e. The van der Waals surface area contributed by atoms with E-state index in [1.54, 1.807) is 0 Å². The van der Waals surface area contributed by atoms with E-state index in [1.165, 1.54) is 18.4 Å². The predicted molar refractivity (Wildman–Crippen MR) is 76.3 cm³/mol. The summed E-state index contributed by atoms with van der Waals surface area (Å²) in [6.45, 7) is 5.45. The van der Waals surface area contributed by atoms with Gasteiger partial charge in [0.25, 0.3) is 0 Å². The Labute approximate surface area is 116 Å². The first-order valence-corrected chi connectivity index (χ1v) is 7.01. The molecule has 1 aliphatic heterocycles. The summed E-state index contributed by atoms with van der Waals surface area (Å²) in [5.41, 5.74) is 3.07. The number of halogens is 1. The van der Waals surface area contributed by atoms with Crippen LogP contribution in [0.5, 0.6) is 0 Å². The minimum atomic E-state index is -0.278. The van der Waals surface area contributed by atoms with Crippen LogP contribution < -0.4 is 4.90 Å². The first kappa shape index (κ1) is 13.4. The van der Waals surface area contributed by atoms with Gasteiger partial charge in [-0.05, 0) is 60.3 Å². The zero-order valence-electron chi connectivity index (χ0n) is 11.0. The molecule has 0 saturated carbocycles. The molecule has 0 unspecified atom stereocenters. The summed E-state index contributed by atoms with van der Waals surface area (Å²) in [7, 11) is 1.41. The monoisotopic (exact) mass is 311 g/mol. The van der Waals surface area contributed by atoms with Gasteiger partial charge in [-0.3, -0.25) is 0 Å². The van der Waals surface area contributed by atoms with Crippen LogP contribution in [0.15, 0.2) is 16.6 Å². The number of ether oxygens (including phenoxy) is 1. The van der Waals surface area contributed by atoms with Crippen molar-refractivity contribution in [2.45, 2.75) is 32.7 Å². The maximum Gasteiger partial charge on any atom is 0.337 e. The standard InChI is InChI=1S/C14H18BrNO2/c1-9(2)16-6-4-5-10-7-11(14(17)18-3)8-12(15)13(10)16/h7-9H,4-6H2,1-3H3. The van der Waals surface area contributed by atoms with Gasteiger partial charge in [0.2, 0.25) is 0 Å². The number of benzene rings is 1. The van der Waals surface area contributed by atoms with Gasteiger partial charge in [0.15, 0.2) is 0 Å². The molecule has 0 aliphatic carbocycles. The number of rotatable bonds is 2. The minimum absolute atomic E-state index is 0.278. The smallest absolute Gasteiger partial charge is 0.337 e. The SMILES string of the molecule is COC(=O)c1cc(Br)c2c(c1)CCCN2C(C)C. The number of nitrogens with zero attached hydrogens (tertiary/aromatic N) is 1. The van der Waals surface area contributed by atoms with E-state index < -0.39 is 0 Å². The number of aryl methyl sites for hydroxylation is 1. The van der Waals surface area contributed by atoms with Crippen molar-refractivity contribution in [1.29, 1.82) is 0 Å². The van der Waals surface area contributed by atoms with Gasteiger partial charge in [0.1, 0.15) is 0 Å². The summed E-state index contributed by atoms with van der Waals surface area (Å²) in [5, 5.41) is 0. The molecule has 4 heteroatoms. The topological polar surface area (TPSA) is 29.5 Å². The van der Waals surface area contributed by atoms with Gasteiger partial charge in [-0.15, -0.1) is 0 Å². The molecule has 0 saturated heterocycles. The Balaban J connectivity index is 2.48. The van der Waals surface area contributed by atoms with Gasteiger partial charge in [-0.25, -0.2) is 4.79 Å². The third kappa shape index (κ3) is 2.39. The Morgan fingerprint density at radius 1 is 1.44 bits per heavy atom. The molecule has 0 aromatic heterocycles. The van der Waals surface area contributed by atoms with Crippen molar-refractivity contribution in [2.75, 3.05) is 18.6 Å². The summed E-state index contributed by atoms with van der Waals surface area (Å²) in [4.78, 5) is 14.0. The second kappa shape index (κ2) is 5.31. The molecule has 1 heterocycles. The van der Waals surface area contributed by atoms with Crippen molar-refractivity contribution in [3.05, 3.63) is 27.7 Å². The second-order valence-electron chi connectivity index (χ2n) is 4.85. The average Bonchev–Trinajstić information content (AvgIpc) is 2.36. The maximum absolute atomic E-state index is 11.6. The van der Waals surface area contributed by atoms with Crippen LogP contribution in [0.4, 0.5) is 5.69 Å².